The van der Waals surface area contributed by atoms with Crippen LogP contribution < -0.4 is 5.32 Å². The number of halogens is 1. The molecular weight excluding hydrogens is 362 g/mol. The van der Waals surface area contributed by atoms with Crippen LogP contribution in [0.15, 0.2) is 36.7 Å². The Labute approximate surface area is 164 Å². The van der Waals surface area contributed by atoms with Crippen molar-refractivity contribution in [3.8, 4) is 0 Å². The van der Waals surface area contributed by atoms with Gasteiger partial charge in [-0.05, 0) is 38.3 Å². The number of aromatic nitrogens is 4. The lowest BCUT2D eigenvalue weighted by atomic mass is 10.1. The number of aryl methyl sites for hydroxylation is 2. The minimum atomic E-state index is -0.420. The first-order valence-electron chi connectivity index (χ1n) is 8.99. The summed E-state index contributed by atoms with van der Waals surface area (Å²) in [4.78, 5) is 12.8. The molecule has 3 aromatic rings. The van der Waals surface area contributed by atoms with E-state index in [1.165, 1.54) is 11.1 Å². The predicted molar refractivity (Wildman–Crippen MR) is 107 cm³/mol. The zero-order valence-electron chi connectivity index (χ0n) is 16.0. The molecule has 2 aromatic heterocycles. The number of rotatable bonds is 6. The second-order valence-electron chi connectivity index (χ2n) is 6.70. The zero-order valence-corrected chi connectivity index (χ0v) is 16.8. The molecule has 27 heavy (non-hydrogen) atoms. The van der Waals surface area contributed by atoms with Gasteiger partial charge in [0.1, 0.15) is 6.04 Å². The molecule has 1 unspecified atom stereocenters. The SMILES string of the molecule is CCC(C(=O)Nc1cnn(Cc2ccccc2C)c1)n1nc(C)c(Cl)c1C. The summed E-state index contributed by atoms with van der Waals surface area (Å²) in [6.07, 6.45) is 4.11. The Balaban J connectivity index is 1.73. The van der Waals surface area contributed by atoms with E-state index in [0.717, 1.165) is 11.4 Å². The highest BCUT2D eigenvalue weighted by Gasteiger charge is 2.23. The van der Waals surface area contributed by atoms with Crippen molar-refractivity contribution in [2.24, 2.45) is 0 Å². The molecule has 6 nitrogen and oxygen atoms in total. The third-order valence-electron chi connectivity index (χ3n) is 4.72. The Hall–Kier alpha value is -2.60. The first-order chi connectivity index (χ1) is 12.9. The fourth-order valence-corrected chi connectivity index (χ4v) is 3.24. The zero-order chi connectivity index (χ0) is 19.6. The molecule has 3 rings (SSSR count). The Bertz CT molecular complexity index is 959. The van der Waals surface area contributed by atoms with Gasteiger partial charge in [-0.3, -0.25) is 14.2 Å². The molecule has 0 aliphatic rings. The first kappa shape index (κ1) is 19.2. The third-order valence-corrected chi connectivity index (χ3v) is 5.26. The summed E-state index contributed by atoms with van der Waals surface area (Å²) < 4.78 is 3.52. The van der Waals surface area contributed by atoms with Crippen LogP contribution in [0.4, 0.5) is 5.69 Å². The van der Waals surface area contributed by atoms with Crippen LogP contribution in [-0.4, -0.2) is 25.5 Å². The van der Waals surface area contributed by atoms with Gasteiger partial charge < -0.3 is 5.32 Å². The predicted octanol–water partition coefficient (Wildman–Crippen LogP) is 4.30. The summed E-state index contributed by atoms with van der Waals surface area (Å²) in [6, 6.07) is 7.77. The molecule has 0 bridgehead atoms. The van der Waals surface area contributed by atoms with Crippen molar-refractivity contribution in [1.82, 2.24) is 19.6 Å². The summed E-state index contributed by atoms with van der Waals surface area (Å²) in [6.45, 7) is 8.40. The van der Waals surface area contributed by atoms with Crippen molar-refractivity contribution in [3.05, 3.63) is 64.2 Å². The highest BCUT2D eigenvalue weighted by atomic mass is 35.5. The van der Waals surface area contributed by atoms with E-state index >= 15 is 0 Å². The van der Waals surface area contributed by atoms with Gasteiger partial charge in [-0.15, -0.1) is 0 Å². The fraction of sp³-hybridized carbons (Fsp3) is 0.350. The summed E-state index contributed by atoms with van der Waals surface area (Å²) >= 11 is 6.23. The lowest BCUT2D eigenvalue weighted by molar-refractivity contribution is -0.119. The Morgan fingerprint density at radius 1 is 1.26 bits per heavy atom. The molecule has 0 saturated carbocycles. The highest BCUT2D eigenvalue weighted by Crippen LogP contribution is 2.24. The monoisotopic (exact) mass is 385 g/mol. The molecule has 1 atom stereocenters. The second-order valence-corrected chi connectivity index (χ2v) is 7.07. The van der Waals surface area contributed by atoms with Crippen molar-refractivity contribution < 1.29 is 4.79 Å². The molecule has 0 aliphatic heterocycles. The summed E-state index contributed by atoms with van der Waals surface area (Å²) in [5, 5.41) is 12.3. The molecule has 1 N–H and O–H groups in total. The molecule has 0 radical (unpaired) electrons. The van der Waals surface area contributed by atoms with Crippen LogP contribution in [0.5, 0.6) is 0 Å². The van der Waals surface area contributed by atoms with Crippen LogP contribution in [0.2, 0.25) is 5.02 Å². The van der Waals surface area contributed by atoms with Gasteiger partial charge in [0, 0.05) is 6.20 Å². The quantitative estimate of drug-likeness (QED) is 0.688. The molecule has 1 amide bonds. The van der Waals surface area contributed by atoms with Crippen molar-refractivity contribution in [3.63, 3.8) is 0 Å². The minimum absolute atomic E-state index is 0.129. The highest BCUT2D eigenvalue weighted by molar-refractivity contribution is 6.31. The van der Waals surface area contributed by atoms with Gasteiger partial charge in [0.15, 0.2) is 0 Å². The molecule has 7 heteroatoms. The van der Waals surface area contributed by atoms with Crippen molar-refractivity contribution in [2.45, 2.75) is 46.7 Å². The maximum atomic E-state index is 12.8. The van der Waals surface area contributed by atoms with Gasteiger partial charge in [-0.2, -0.15) is 10.2 Å². The lowest BCUT2D eigenvalue weighted by Gasteiger charge is -2.16. The number of nitrogens with one attached hydrogen (secondary N) is 1. The fourth-order valence-electron chi connectivity index (χ4n) is 3.12. The van der Waals surface area contributed by atoms with Gasteiger partial charge in [0.2, 0.25) is 5.91 Å². The van der Waals surface area contributed by atoms with Crippen LogP contribution in [0.25, 0.3) is 0 Å². The summed E-state index contributed by atoms with van der Waals surface area (Å²) in [5.41, 5.74) is 4.60. The number of anilines is 1. The van der Waals surface area contributed by atoms with Crippen molar-refractivity contribution in [2.75, 3.05) is 5.32 Å². The first-order valence-corrected chi connectivity index (χ1v) is 9.37. The maximum Gasteiger partial charge on any atom is 0.249 e. The third kappa shape index (κ3) is 4.06. The standard InChI is InChI=1S/C20H24ClN5O/c1-5-18(26-15(4)19(21)14(3)24-26)20(27)23-17-10-22-25(12-17)11-16-9-7-6-8-13(16)2/h6-10,12,18H,5,11H2,1-4H3,(H,23,27). The van der Waals surface area contributed by atoms with Gasteiger partial charge in [-0.1, -0.05) is 42.8 Å². The lowest BCUT2D eigenvalue weighted by Crippen LogP contribution is -2.27. The van der Waals surface area contributed by atoms with Gasteiger partial charge in [0.25, 0.3) is 0 Å². The number of benzene rings is 1. The van der Waals surface area contributed by atoms with E-state index in [1.54, 1.807) is 10.9 Å². The number of carbonyl (C=O) groups excluding carboxylic acids is 1. The molecule has 0 saturated heterocycles. The molecule has 142 valence electrons. The van der Waals surface area contributed by atoms with Crippen LogP contribution in [0.3, 0.4) is 0 Å². The molecule has 2 heterocycles. The van der Waals surface area contributed by atoms with Crippen LogP contribution in [0, 0.1) is 20.8 Å². The van der Waals surface area contributed by atoms with E-state index in [0.29, 0.717) is 23.7 Å². The summed E-state index contributed by atoms with van der Waals surface area (Å²) in [5.74, 6) is -0.129. The van der Waals surface area contributed by atoms with Crippen molar-refractivity contribution >= 4 is 23.2 Å². The Kier molecular flexibility index (Phi) is 5.65. The van der Waals surface area contributed by atoms with Gasteiger partial charge in [-0.25, -0.2) is 0 Å². The smallest absolute Gasteiger partial charge is 0.249 e. The molecule has 0 fully saturated rings. The van der Waals surface area contributed by atoms with E-state index in [4.69, 9.17) is 11.6 Å². The van der Waals surface area contributed by atoms with Crippen LogP contribution in [-0.2, 0) is 11.3 Å². The number of nitrogens with zero attached hydrogens (tertiary/aromatic N) is 4. The Morgan fingerprint density at radius 2 is 2.00 bits per heavy atom. The maximum absolute atomic E-state index is 12.8. The minimum Gasteiger partial charge on any atom is -0.322 e. The van der Waals surface area contributed by atoms with Crippen LogP contribution in [0.1, 0.15) is 41.9 Å². The number of hydrogen-bond acceptors (Lipinski definition) is 3. The van der Waals surface area contributed by atoms with E-state index in [-0.39, 0.29) is 5.91 Å². The van der Waals surface area contributed by atoms with E-state index in [1.807, 2.05) is 43.8 Å². The number of amides is 1. The average Bonchev–Trinajstić information content (AvgIpc) is 3.18. The number of carbonyl (C=O) groups is 1. The largest absolute Gasteiger partial charge is 0.322 e. The van der Waals surface area contributed by atoms with E-state index < -0.39 is 6.04 Å². The van der Waals surface area contributed by atoms with Gasteiger partial charge in [0.05, 0.1) is 34.8 Å². The van der Waals surface area contributed by atoms with E-state index in [9.17, 15) is 4.79 Å². The van der Waals surface area contributed by atoms with E-state index in [2.05, 4.69) is 34.6 Å². The molecule has 1 aromatic carbocycles. The van der Waals surface area contributed by atoms with Crippen LogP contribution >= 0.6 is 11.6 Å². The summed E-state index contributed by atoms with van der Waals surface area (Å²) in [7, 11) is 0. The normalized spacial score (nSPS) is 12.2. The van der Waals surface area contributed by atoms with Crippen molar-refractivity contribution in [1.29, 1.82) is 0 Å². The molecular formula is C20H24ClN5O. The Morgan fingerprint density at radius 3 is 2.63 bits per heavy atom. The van der Waals surface area contributed by atoms with Gasteiger partial charge >= 0.3 is 0 Å². The molecule has 0 aliphatic carbocycles. The second kappa shape index (κ2) is 7.96. The molecule has 0 spiro atoms. The average molecular weight is 386 g/mol. The number of hydrogen-bond donors (Lipinski definition) is 1. The topological polar surface area (TPSA) is 64.7 Å².